The lowest BCUT2D eigenvalue weighted by molar-refractivity contribution is 0.0759. The number of aryl methyl sites for hydroxylation is 1. The summed E-state index contributed by atoms with van der Waals surface area (Å²) >= 11 is 0. The first-order valence-corrected chi connectivity index (χ1v) is 10.2. The Morgan fingerprint density at radius 2 is 1.93 bits per heavy atom. The van der Waals surface area contributed by atoms with Crippen molar-refractivity contribution < 1.29 is 18.0 Å². The molecule has 0 aliphatic heterocycles. The average molecular weight is 398 g/mol. The van der Waals surface area contributed by atoms with Crippen LogP contribution >= 0.6 is 0 Å². The predicted molar refractivity (Wildman–Crippen MR) is 98.5 cm³/mol. The number of nitrogens with one attached hydrogen (secondary N) is 1. The molecule has 27 heavy (non-hydrogen) atoms. The molecule has 0 radical (unpaired) electrons. The molecule has 3 rings (SSSR count). The van der Waals surface area contributed by atoms with Crippen LogP contribution in [0, 0.1) is 23.7 Å². The minimum absolute atomic E-state index is 0.118. The standard InChI is InChI=1S/C17H27N5O4S/c1-12-13(9-18-21(12)6)27(23,24)19-11-26-22-8-7-15(20-22)25-10-14-16(2,3)17(14,4)5/h7-9,14,19H,10-11H2,1-6H3. The van der Waals surface area contributed by atoms with Crippen LogP contribution in [-0.4, -0.2) is 41.5 Å². The molecule has 1 N–H and O–H groups in total. The van der Waals surface area contributed by atoms with E-state index in [1.54, 1.807) is 26.2 Å². The maximum Gasteiger partial charge on any atom is 0.246 e. The van der Waals surface area contributed by atoms with E-state index in [-0.39, 0.29) is 22.5 Å². The van der Waals surface area contributed by atoms with Gasteiger partial charge in [0.25, 0.3) is 0 Å². The third kappa shape index (κ3) is 3.55. The molecule has 1 fully saturated rings. The Morgan fingerprint density at radius 1 is 1.26 bits per heavy atom. The van der Waals surface area contributed by atoms with Crippen LogP contribution in [0.15, 0.2) is 23.4 Å². The van der Waals surface area contributed by atoms with Gasteiger partial charge in [-0.25, -0.2) is 8.42 Å². The van der Waals surface area contributed by atoms with E-state index in [0.29, 0.717) is 24.1 Å². The second kappa shape index (κ2) is 6.52. The van der Waals surface area contributed by atoms with E-state index < -0.39 is 10.0 Å². The van der Waals surface area contributed by atoms with Gasteiger partial charge in [-0.05, 0) is 17.8 Å². The van der Waals surface area contributed by atoms with Crippen LogP contribution in [0.4, 0.5) is 0 Å². The van der Waals surface area contributed by atoms with Gasteiger partial charge in [-0.3, -0.25) is 4.68 Å². The van der Waals surface area contributed by atoms with Crippen molar-refractivity contribution in [3.05, 3.63) is 24.2 Å². The third-order valence-electron chi connectivity index (χ3n) is 6.18. The number of ether oxygens (including phenoxy) is 1. The van der Waals surface area contributed by atoms with E-state index in [0.717, 1.165) is 0 Å². The Hall–Kier alpha value is -2.07. The maximum absolute atomic E-state index is 12.3. The zero-order valence-electron chi connectivity index (χ0n) is 16.6. The lowest BCUT2D eigenvalue weighted by Gasteiger charge is -2.08. The molecule has 2 aromatic heterocycles. The highest BCUT2D eigenvalue weighted by molar-refractivity contribution is 7.89. The molecule has 0 amide bonds. The molecule has 1 saturated carbocycles. The molecule has 9 nitrogen and oxygen atoms in total. The molecule has 2 heterocycles. The van der Waals surface area contributed by atoms with Crippen molar-refractivity contribution in [2.24, 2.45) is 23.8 Å². The van der Waals surface area contributed by atoms with Crippen molar-refractivity contribution in [1.82, 2.24) is 24.4 Å². The fraction of sp³-hybridized carbons (Fsp3) is 0.647. The van der Waals surface area contributed by atoms with Crippen molar-refractivity contribution in [2.45, 2.75) is 39.5 Å². The number of sulfonamides is 1. The fourth-order valence-corrected chi connectivity index (χ4v) is 4.42. The second-order valence-corrected chi connectivity index (χ2v) is 9.74. The Balaban J connectivity index is 1.49. The summed E-state index contributed by atoms with van der Waals surface area (Å²) in [5, 5.41) is 8.08. The number of aromatic nitrogens is 4. The molecular formula is C17H27N5O4S. The van der Waals surface area contributed by atoms with E-state index >= 15 is 0 Å². The Bertz CT molecular complexity index is 915. The molecule has 0 atom stereocenters. The summed E-state index contributed by atoms with van der Waals surface area (Å²) in [6.07, 6.45) is 2.88. The average Bonchev–Trinajstić information content (AvgIpc) is 2.99. The van der Waals surface area contributed by atoms with E-state index in [4.69, 9.17) is 9.57 Å². The van der Waals surface area contributed by atoms with Crippen LogP contribution in [0.2, 0.25) is 0 Å². The minimum atomic E-state index is -3.70. The van der Waals surface area contributed by atoms with Crippen molar-refractivity contribution in [1.29, 1.82) is 0 Å². The molecule has 0 bridgehead atoms. The van der Waals surface area contributed by atoms with Crippen molar-refractivity contribution in [3.63, 3.8) is 0 Å². The van der Waals surface area contributed by atoms with Gasteiger partial charge in [-0.2, -0.15) is 9.82 Å². The quantitative estimate of drug-likeness (QED) is 0.675. The summed E-state index contributed by atoms with van der Waals surface area (Å²) < 4.78 is 34.2. The Kier molecular flexibility index (Phi) is 4.75. The summed E-state index contributed by atoms with van der Waals surface area (Å²) in [6, 6.07) is 1.68. The molecule has 0 unspecified atom stereocenters. The predicted octanol–water partition coefficient (Wildman–Crippen LogP) is 1.35. The fourth-order valence-electron chi connectivity index (χ4n) is 3.35. The summed E-state index contributed by atoms with van der Waals surface area (Å²) in [7, 11) is -2.02. The molecule has 150 valence electrons. The topological polar surface area (TPSA) is 100 Å². The van der Waals surface area contributed by atoms with Crippen molar-refractivity contribution >= 4 is 10.0 Å². The van der Waals surface area contributed by atoms with Gasteiger partial charge in [0.05, 0.1) is 24.7 Å². The third-order valence-corrected chi connectivity index (χ3v) is 7.66. The van der Waals surface area contributed by atoms with Crippen LogP contribution in [-0.2, 0) is 17.1 Å². The molecule has 1 aliphatic rings. The normalized spacial score (nSPS) is 18.4. The summed E-state index contributed by atoms with van der Waals surface area (Å²) in [5.74, 6) is 0.907. The van der Waals surface area contributed by atoms with Crippen LogP contribution in [0.5, 0.6) is 5.88 Å². The molecule has 1 aliphatic carbocycles. The summed E-state index contributed by atoms with van der Waals surface area (Å²) in [4.78, 5) is 6.60. The second-order valence-electron chi connectivity index (χ2n) is 8.00. The van der Waals surface area contributed by atoms with Gasteiger partial charge >= 0.3 is 0 Å². The van der Waals surface area contributed by atoms with Crippen molar-refractivity contribution in [2.75, 3.05) is 13.3 Å². The molecule has 2 aromatic rings. The number of rotatable bonds is 8. The molecule has 0 spiro atoms. The van der Waals surface area contributed by atoms with Gasteiger partial charge in [-0.1, -0.05) is 32.8 Å². The Labute approximate surface area is 159 Å². The first-order valence-electron chi connectivity index (χ1n) is 8.77. The largest absolute Gasteiger partial charge is 0.476 e. The first-order chi connectivity index (χ1) is 12.5. The molecule has 10 heteroatoms. The van der Waals surface area contributed by atoms with E-state index in [1.165, 1.54) is 15.7 Å². The van der Waals surface area contributed by atoms with Crippen LogP contribution in [0.25, 0.3) is 0 Å². The minimum Gasteiger partial charge on any atom is -0.476 e. The van der Waals surface area contributed by atoms with Crippen LogP contribution < -0.4 is 14.3 Å². The summed E-state index contributed by atoms with van der Waals surface area (Å²) in [5.41, 5.74) is 1.03. The van der Waals surface area contributed by atoms with Gasteiger partial charge in [0.15, 0.2) is 6.73 Å². The van der Waals surface area contributed by atoms with Gasteiger partial charge in [0.2, 0.25) is 15.9 Å². The maximum atomic E-state index is 12.3. The van der Waals surface area contributed by atoms with Gasteiger partial charge < -0.3 is 9.57 Å². The highest BCUT2D eigenvalue weighted by Gasteiger charge is 2.64. The zero-order valence-corrected chi connectivity index (χ0v) is 17.4. The van der Waals surface area contributed by atoms with E-state index in [2.05, 4.69) is 42.6 Å². The lowest BCUT2D eigenvalue weighted by Crippen LogP contribution is -2.31. The number of hydrogen-bond donors (Lipinski definition) is 1. The van der Waals surface area contributed by atoms with Gasteiger partial charge in [0, 0.05) is 19.0 Å². The lowest BCUT2D eigenvalue weighted by atomic mass is 10.0. The molecule has 0 aromatic carbocycles. The zero-order chi connectivity index (χ0) is 20.0. The van der Waals surface area contributed by atoms with Crippen LogP contribution in [0.1, 0.15) is 33.4 Å². The monoisotopic (exact) mass is 397 g/mol. The van der Waals surface area contributed by atoms with E-state index in [1.807, 2.05) is 0 Å². The van der Waals surface area contributed by atoms with Crippen LogP contribution in [0.3, 0.4) is 0 Å². The summed E-state index contributed by atoms with van der Waals surface area (Å²) in [6.45, 7) is 10.9. The highest BCUT2D eigenvalue weighted by atomic mass is 32.2. The van der Waals surface area contributed by atoms with Gasteiger partial charge in [0.1, 0.15) is 4.90 Å². The number of nitrogens with zero attached hydrogens (tertiary/aromatic N) is 4. The highest BCUT2D eigenvalue weighted by Crippen LogP contribution is 2.68. The van der Waals surface area contributed by atoms with E-state index in [9.17, 15) is 8.42 Å². The van der Waals surface area contributed by atoms with Crippen molar-refractivity contribution in [3.8, 4) is 5.88 Å². The Morgan fingerprint density at radius 3 is 2.48 bits per heavy atom. The molecule has 0 saturated heterocycles. The van der Waals surface area contributed by atoms with Gasteiger partial charge in [-0.15, -0.1) is 4.85 Å². The SMILES string of the molecule is Cc1c(S(=O)(=O)NCOn2ccc(OCC3C(C)(C)C3(C)C)n2)cnn1C. The molecular weight excluding hydrogens is 370 g/mol. The first kappa shape index (κ1) is 19.7. The number of hydrogen-bond acceptors (Lipinski definition) is 6. The smallest absolute Gasteiger partial charge is 0.246 e.